The van der Waals surface area contributed by atoms with Crippen LogP contribution in [0.1, 0.15) is 5.56 Å². The average Bonchev–Trinajstić information content (AvgIpc) is 3.04. The molecule has 0 fully saturated rings. The number of nitrogens with zero attached hydrogens (tertiary/aromatic N) is 2. The molecule has 2 aromatic heterocycles. The summed E-state index contributed by atoms with van der Waals surface area (Å²) in [7, 11) is 0. The highest BCUT2D eigenvalue weighted by Gasteiger charge is 2.25. The first-order chi connectivity index (χ1) is 10.7. The number of amides is 1. The molecule has 3 aromatic rings. The summed E-state index contributed by atoms with van der Waals surface area (Å²) in [6, 6.07) is 11.1. The molecular formula is C15H10ClN5O. The monoisotopic (exact) mass is 311 g/mol. The van der Waals surface area contributed by atoms with E-state index in [0.29, 0.717) is 28.1 Å². The van der Waals surface area contributed by atoms with Gasteiger partial charge in [0.2, 0.25) is 5.95 Å². The van der Waals surface area contributed by atoms with Gasteiger partial charge in [0.1, 0.15) is 11.0 Å². The maximum absolute atomic E-state index is 12.0. The van der Waals surface area contributed by atoms with Gasteiger partial charge in [-0.2, -0.15) is 0 Å². The zero-order valence-corrected chi connectivity index (χ0v) is 12.0. The molecule has 1 aliphatic rings. The van der Waals surface area contributed by atoms with Gasteiger partial charge in [-0.25, -0.2) is 9.97 Å². The number of anilines is 2. The van der Waals surface area contributed by atoms with Gasteiger partial charge < -0.3 is 15.6 Å². The second kappa shape index (κ2) is 4.85. The van der Waals surface area contributed by atoms with Crippen molar-refractivity contribution in [2.75, 3.05) is 10.6 Å². The molecule has 1 amide bonds. The Morgan fingerprint density at radius 1 is 1.14 bits per heavy atom. The maximum Gasteiger partial charge on any atom is 0.259 e. The number of nitrogens with one attached hydrogen (secondary N) is 3. The van der Waals surface area contributed by atoms with Gasteiger partial charge in [0.25, 0.3) is 5.91 Å². The topological polar surface area (TPSA) is 82.7 Å². The van der Waals surface area contributed by atoms with Crippen LogP contribution in [0.15, 0.2) is 42.6 Å². The summed E-state index contributed by atoms with van der Waals surface area (Å²) in [5, 5.41) is 6.03. The minimum atomic E-state index is -0.228. The summed E-state index contributed by atoms with van der Waals surface area (Å²) < 4.78 is 0. The van der Waals surface area contributed by atoms with Gasteiger partial charge in [0, 0.05) is 11.8 Å². The average molecular weight is 312 g/mol. The Morgan fingerprint density at radius 2 is 2.00 bits per heavy atom. The summed E-state index contributed by atoms with van der Waals surface area (Å²) in [5.41, 5.74) is 2.97. The highest BCUT2D eigenvalue weighted by atomic mass is 35.5. The number of hydrogen-bond donors (Lipinski definition) is 3. The van der Waals surface area contributed by atoms with E-state index in [1.54, 1.807) is 18.3 Å². The van der Waals surface area contributed by atoms with Crippen molar-refractivity contribution in [3.8, 4) is 0 Å². The van der Waals surface area contributed by atoms with Gasteiger partial charge in [-0.3, -0.25) is 4.79 Å². The molecule has 1 aromatic carbocycles. The molecule has 0 saturated heterocycles. The summed E-state index contributed by atoms with van der Waals surface area (Å²) in [6.45, 7) is 0. The first-order valence-corrected chi connectivity index (χ1v) is 6.98. The molecular weight excluding hydrogens is 302 g/mol. The van der Waals surface area contributed by atoms with Crippen molar-refractivity contribution in [2.24, 2.45) is 0 Å². The van der Waals surface area contributed by atoms with Crippen LogP contribution in [0, 0.1) is 0 Å². The van der Waals surface area contributed by atoms with Crippen molar-refractivity contribution in [2.45, 2.75) is 0 Å². The lowest BCUT2D eigenvalue weighted by atomic mass is 10.1. The number of H-pyrrole nitrogens is 1. The number of pyridine rings is 1. The number of benzene rings is 1. The molecule has 3 N–H and O–H groups in total. The standard InChI is InChI=1S/C15H10ClN5O/c16-12-6-5-8-9(14(22)21-13(8)20-12)7-17-15-18-10-3-1-2-4-11(10)19-15/h1-7H,(H2,17,18,19)(H,20,21,22). The Balaban J connectivity index is 1.67. The van der Waals surface area contributed by atoms with E-state index in [0.717, 1.165) is 11.0 Å². The van der Waals surface area contributed by atoms with Crippen LogP contribution < -0.4 is 10.6 Å². The molecule has 0 radical (unpaired) electrons. The van der Waals surface area contributed by atoms with Crippen molar-refractivity contribution in [3.05, 3.63) is 53.3 Å². The van der Waals surface area contributed by atoms with Crippen molar-refractivity contribution in [1.29, 1.82) is 0 Å². The summed E-state index contributed by atoms with van der Waals surface area (Å²) >= 11 is 5.82. The predicted octanol–water partition coefficient (Wildman–Crippen LogP) is 3.02. The van der Waals surface area contributed by atoms with Gasteiger partial charge in [-0.05, 0) is 24.3 Å². The largest absolute Gasteiger partial charge is 0.332 e. The lowest BCUT2D eigenvalue weighted by molar-refractivity contribution is -0.110. The second-order valence-electron chi connectivity index (χ2n) is 4.79. The molecule has 0 unspecified atom stereocenters. The van der Waals surface area contributed by atoms with Crippen molar-refractivity contribution in [3.63, 3.8) is 0 Å². The zero-order chi connectivity index (χ0) is 15.1. The lowest BCUT2D eigenvalue weighted by Gasteiger charge is -1.99. The smallest absolute Gasteiger partial charge is 0.259 e. The van der Waals surface area contributed by atoms with Crippen LogP contribution in [0.5, 0.6) is 0 Å². The maximum atomic E-state index is 12.0. The highest BCUT2D eigenvalue weighted by molar-refractivity contribution is 6.33. The Labute approximate surface area is 130 Å². The van der Waals surface area contributed by atoms with Gasteiger partial charge >= 0.3 is 0 Å². The van der Waals surface area contributed by atoms with E-state index >= 15 is 0 Å². The number of para-hydroxylation sites is 2. The number of halogens is 1. The van der Waals surface area contributed by atoms with E-state index in [2.05, 4.69) is 25.6 Å². The van der Waals surface area contributed by atoms with E-state index in [4.69, 9.17) is 11.6 Å². The van der Waals surface area contributed by atoms with Crippen LogP contribution >= 0.6 is 11.6 Å². The number of fused-ring (bicyclic) bond motifs is 2. The molecule has 7 heteroatoms. The Hall–Kier alpha value is -2.86. The molecule has 0 atom stereocenters. The van der Waals surface area contributed by atoms with Crippen LogP contribution in [0.2, 0.25) is 5.15 Å². The fourth-order valence-corrected chi connectivity index (χ4v) is 2.50. The normalized spacial score (nSPS) is 15.1. The lowest BCUT2D eigenvalue weighted by Crippen LogP contribution is -2.05. The Bertz CT molecular complexity index is 898. The number of imidazole rings is 1. The number of carbonyl (C=O) groups is 1. The molecule has 0 bridgehead atoms. The Kier molecular flexibility index (Phi) is 2.83. The van der Waals surface area contributed by atoms with Gasteiger partial charge in [0.15, 0.2) is 0 Å². The van der Waals surface area contributed by atoms with Gasteiger partial charge in [-0.15, -0.1) is 0 Å². The third-order valence-corrected chi connectivity index (χ3v) is 3.58. The number of rotatable bonds is 2. The first kappa shape index (κ1) is 12.8. The zero-order valence-electron chi connectivity index (χ0n) is 11.2. The number of hydrogen-bond acceptors (Lipinski definition) is 4. The minimum absolute atomic E-state index is 0.228. The molecule has 3 heterocycles. The summed E-state index contributed by atoms with van der Waals surface area (Å²) in [5.74, 6) is 0.806. The molecule has 108 valence electrons. The third-order valence-electron chi connectivity index (χ3n) is 3.37. The molecule has 1 aliphatic heterocycles. The first-order valence-electron chi connectivity index (χ1n) is 6.60. The number of aromatic amines is 1. The van der Waals surface area contributed by atoms with E-state index in [9.17, 15) is 4.79 Å². The second-order valence-corrected chi connectivity index (χ2v) is 5.18. The van der Waals surface area contributed by atoms with Crippen molar-refractivity contribution >= 4 is 45.9 Å². The van der Waals surface area contributed by atoms with Gasteiger partial charge in [-0.1, -0.05) is 23.7 Å². The van der Waals surface area contributed by atoms with Crippen LogP contribution in [-0.2, 0) is 4.79 Å². The molecule has 6 nitrogen and oxygen atoms in total. The molecule has 4 rings (SSSR count). The van der Waals surface area contributed by atoms with E-state index in [1.165, 1.54) is 0 Å². The fourth-order valence-electron chi connectivity index (χ4n) is 2.35. The molecule has 0 aliphatic carbocycles. The highest BCUT2D eigenvalue weighted by Crippen LogP contribution is 2.31. The molecule has 22 heavy (non-hydrogen) atoms. The van der Waals surface area contributed by atoms with E-state index in [-0.39, 0.29) is 5.91 Å². The SMILES string of the molecule is O=C1Nc2nc(Cl)ccc2C1=CNc1nc2ccccc2[nH]1. The third kappa shape index (κ3) is 2.10. The van der Waals surface area contributed by atoms with Crippen molar-refractivity contribution < 1.29 is 4.79 Å². The van der Waals surface area contributed by atoms with E-state index in [1.807, 2.05) is 24.3 Å². The summed E-state index contributed by atoms with van der Waals surface area (Å²) in [6.07, 6.45) is 1.61. The predicted molar refractivity (Wildman–Crippen MR) is 85.6 cm³/mol. The molecule has 0 saturated carbocycles. The minimum Gasteiger partial charge on any atom is -0.332 e. The number of carbonyl (C=O) groups excluding carboxylic acids is 1. The van der Waals surface area contributed by atoms with Gasteiger partial charge in [0.05, 0.1) is 16.6 Å². The van der Waals surface area contributed by atoms with Crippen LogP contribution in [-0.4, -0.2) is 20.9 Å². The fraction of sp³-hybridized carbons (Fsp3) is 0. The van der Waals surface area contributed by atoms with E-state index < -0.39 is 0 Å². The molecule has 0 spiro atoms. The summed E-state index contributed by atoms with van der Waals surface area (Å²) in [4.78, 5) is 23.6. The van der Waals surface area contributed by atoms with Crippen LogP contribution in [0.3, 0.4) is 0 Å². The van der Waals surface area contributed by atoms with Crippen molar-refractivity contribution in [1.82, 2.24) is 15.0 Å². The quantitative estimate of drug-likeness (QED) is 0.502. The van der Waals surface area contributed by atoms with Crippen LogP contribution in [0.25, 0.3) is 16.6 Å². The van der Waals surface area contributed by atoms with Crippen LogP contribution in [0.4, 0.5) is 11.8 Å². The Morgan fingerprint density at radius 3 is 2.86 bits per heavy atom. The number of aromatic nitrogens is 3.